The molecule has 4 nitrogen and oxygen atoms in total. The maximum absolute atomic E-state index is 14.4. The highest BCUT2D eigenvalue weighted by atomic mass is 19.1. The van der Waals surface area contributed by atoms with Gasteiger partial charge in [0.05, 0.1) is 5.56 Å². The lowest BCUT2D eigenvalue weighted by atomic mass is 9.95. The number of likely N-dealkylation sites (tertiary alicyclic amines) is 1. The van der Waals surface area contributed by atoms with Gasteiger partial charge in [-0.2, -0.15) is 0 Å². The largest absolute Gasteiger partial charge is 0.334 e. The number of amides is 1. The van der Waals surface area contributed by atoms with Crippen LogP contribution in [0.2, 0.25) is 0 Å². The molecule has 0 spiro atoms. The van der Waals surface area contributed by atoms with Crippen LogP contribution in [-0.4, -0.2) is 40.3 Å². The fourth-order valence-corrected chi connectivity index (χ4v) is 4.43. The number of rotatable bonds is 7. The van der Waals surface area contributed by atoms with Gasteiger partial charge in [-0.25, -0.2) is 8.78 Å². The van der Waals surface area contributed by atoms with E-state index in [1.165, 1.54) is 17.2 Å². The minimum absolute atomic E-state index is 0.0997. The molecular weight excluding hydrogens is 420 g/mol. The second-order valence-corrected chi connectivity index (χ2v) is 8.82. The molecule has 2 heterocycles. The summed E-state index contributed by atoms with van der Waals surface area (Å²) in [6.45, 7) is 5.85. The zero-order valence-electron chi connectivity index (χ0n) is 18.9. The molecule has 33 heavy (non-hydrogen) atoms. The number of carbonyl (C=O) groups is 1. The second-order valence-electron chi connectivity index (χ2n) is 8.82. The summed E-state index contributed by atoms with van der Waals surface area (Å²) >= 11 is 0. The van der Waals surface area contributed by atoms with Gasteiger partial charge >= 0.3 is 0 Å². The summed E-state index contributed by atoms with van der Waals surface area (Å²) in [7, 11) is 0. The van der Waals surface area contributed by atoms with E-state index in [9.17, 15) is 13.6 Å². The molecule has 0 aliphatic carbocycles. The topological polar surface area (TPSA) is 36.4 Å². The maximum atomic E-state index is 14.4. The third-order valence-electron chi connectivity index (χ3n) is 6.39. The summed E-state index contributed by atoms with van der Waals surface area (Å²) < 4.78 is 27.7. The maximum Gasteiger partial charge on any atom is 0.257 e. The molecule has 0 saturated carbocycles. The SMILES string of the molecule is Cc1ccccc1CN1CCC(CN(Cc2cccnc2)C(=O)c2ccc(F)cc2F)CC1. The number of nitrogens with zero attached hydrogens (tertiary/aromatic N) is 3. The van der Waals surface area contributed by atoms with Crippen LogP contribution >= 0.6 is 0 Å². The molecular formula is C27H29F2N3O. The fraction of sp³-hybridized carbons (Fsp3) is 0.333. The Hall–Kier alpha value is -3.12. The van der Waals surface area contributed by atoms with Gasteiger partial charge in [0.2, 0.25) is 0 Å². The van der Waals surface area contributed by atoms with Gasteiger partial charge in [-0.05, 0) is 73.7 Å². The Kier molecular flexibility index (Phi) is 7.45. The van der Waals surface area contributed by atoms with E-state index < -0.39 is 17.5 Å². The van der Waals surface area contributed by atoms with Gasteiger partial charge in [0, 0.05) is 38.1 Å². The Labute approximate surface area is 193 Å². The number of carbonyl (C=O) groups excluding carboxylic acids is 1. The summed E-state index contributed by atoms with van der Waals surface area (Å²) in [5.74, 6) is -1.62. The van der Waals surface area contributed by atoms with E-state index in [0.29, 0.717) is 19.0 Å². The van der Waals surface area contributed by atoms with E-state index in [4.69, 9.17) is 0 Å². The van der Waals surface area contributed by atoms with Gasteiger partial charge in [0.15, 0.2) is 0 Å². The predicted octanol–water partition coefficient (Wildman–Crippen LogP) is 5.22. The van der Waals surface area contributed by atoms with Crippen molar-refractivity contribution in [1.29, 1.82) is 0 Å². The normalized spacial score (nSPS) is 14.9. The van der Waals surface area contributed by atoms with Crippen molar-refractivity contribution in [1.82, 2.24) is 14.8 Å². The van der Waals surface area contributed by atoms with Gasteiger partial charge in [0.25, 0.3) is 5.91 Å². The molecule has 1 saturated heterocycles. The molecule has 0 radical (unpaired) electrons. The van der Waals surface area contributed by atoms with Crippen LogP contribution in [0.4, 0.5) is 8.78 Å². The highest BCUT2D eigenvalue weighted by molar-refractivity contribution is 5.94. The van der Waals surface area contributed by atoms with Crippen LogP contribution in [0.15, 0.2) is 67.0 Å². The number of benzene rings is 2. The zero-order chi connectivity index (χ0) is 23.2. The van der Waals surface area contributed by atoms with Crippen molar-refractivity contribution in [3.63, 3.8) is 0 Å². The first kappa shape index (κ1) is 23.1. The predicted molar refractivity (Wildman–Crippen MR) is 125 cm³/mol. The summed E-state index contributed by atoms with van der Waals surface area (Å²) in [5.41, 5.74) is 3.42. The number of hydrogen-bond donors (Lipinski definition) is 0. The molecule has 0 N–H and O–H groups in total. The summed E-state index contributed by atoms with van der Waals surface area (Å²) in [4.78, 5) is 21.5. The van der Waals surface area contributed by atoms with Crippen molar-refractivity contribution in [2.45, 2.75) is 32.9 Å². The molecule has 0 unspecified atom stereocenters. The molecule has 0 bridgehead atoms. The number of aryl methyl sites for hydroxylation is 1. The molecule has 6 heteroatoms. The number of halogens is 2. The lowest BCUT2D eigenvalue weighted by Gasteiger charge is -2.35. The first-order valence-corrected chi connectivity index (χ1v) is 11.4. The molecule has 1 aliphatic heterocycles. The van der Waals surface area contributed by atoms with Crippen molar-refractivity contribution in [2.24, 2.45) is 5.92 Å². The van der Waals surface area contributed by atoms with Crippen molar-refractivity contribution in [3.8, 4) is 0 Å². The van der Waals surface area contributed by atoms with Crippen LogP contribution in [0.3, 0.4) is 0 Å². The van der Waals surface area contributed by atoms with Crippen LogP contribution in [0, 0.1) is 24.5 Å². The number of aromatic nitrogens is 1. The number of piperidine rings is 1. The lowest BCUT2D eigenvalue weighted by Crippen LogP contribution is -2.40. The van der Waals surface area contributed by atoms with Gasteiger partial charge in [0.1, 0.15) is 11.6 Å². The molecule has 0 atom stereocenters. The summed E-state index contributed by atoms with van der Waals surface area (Å²) in [6, 6.07) is 15.3. The van der Waals surface area contributed by atoms with Gasteiger partial charge in [-0.1, -0.05) is 30.3 Å². The quantitative estimate of drug-likeness (QED) is 0.496. The Bertz CT molecular complexity index is 1080. The van der Waals surface area contributed by atoms with E-state index in [2.05, 4.69) is 41.1 Å². The van der Waals surface area contributed by atoms with Gasteiger partial charge in [-0.3, -0.25) is 14.7 Å². The minimum Gasteiger partial charge on any atom is -0.334 e. The molecule has 4 rings (SSSR count). The molecule has 1 aromatic heterocycles. The Morgan fingerprint density at radius 2 is 1.88 bits per heavy atom. The van der Waals surface area contributed by atoms with Crippen LogP contribution in [-0.2, 0) is 13.1 Å². The zero-order valence-corrected chi connectivity index (χ0v) is 18.9. The van der Waals surface area contributed by atoms with E-state index in [-0.39, 0.29) is 5.56 Å². The van der Waals surface area contributed by atoms with E-state index in [0.717, 1.165) is 50.2 Å². The molecule has 3 aromatic rings. The van der Waals surface area contributed by atoms with Crippen molar-refractivity contribution < 1.29 is 13.6 Å². The number of pyridine rings is 1. The van der Waals surface area contributed by atoms with Crippen LogP contribution in [0.5, 0.6) is 0 Å². The first-order valence-electron chi connectivity index (χ1n) is 11.4. The number of hydrogen-bond acceptors (Lipinski definition) is 3. The Morgan fingerprint density at radius 1 is 1.09 bits per heavy atom. The highest BCUT2D eigenvalue weighted by Gasteiger charge is 2.26. The molecule has 172 valence electrons. The summed E-state index contributed by atoms with van der Waals surface area (Å²) in [5, 5.41) is 0. The van der Waals surface area contributed by atoms with Gasteiger partial charge in [-0.15, -0.1) is 0 Å². The second kappa shape index (κ2) is 10.7. The third kappa shape index (κ3) is 6.02. The molecule has 1 amide bonds. The van der Waals surface area contributed by atoms with Crippen LogP contribution < -0.4 is 0 Å². The fourth-order valence-electron chi connectivity index (χ4n) is 4.43. The van der Waals surface area contributed by atoms with Crippen LogP contribution in [0.1, 0.15) is 39.9 Å². The minimum atomic E-state index is -0.829. The lowest BCUT2D eigenvalue weighted by molar-refractivity contribution is 0.0667. The van der Waals surface area contributed by atoms with Crippen LogP contribution in [0.25, 0.3) is 0 Å². The average molecular weight is 450 g/mol. The van der Waals surface area contributed by atoms with E-state index >= 15 is 0 Å². The monoisotopic (exact) mass is 449 g/mol. The smallest absolute Gasteiger partial charge is 0.257 e. The van der Waals surface area contributed by atoms with Crippen molar-refractivity contribution in [2.75, 3.05) is 19.6 Å². The summed E-state index contributed by atoms with van der Waals surface area (Å²) in [6.07, 6.45) is 5.33. The Morgan fingerprint density at radius 3 is 2.58 bits per heavy atom. The van der Waals surface area contributed by atoms with E-state index in [1.807, 2.05) is 12.1 Å². The molecule has 2 aromatic carbocycles. The highest BCUT2D eigenvalue weighted by Crippen LogP contribution is 2.23. The standard InChI is InChI=1S/C27H29F2N3O/c1-20-5-2-3-7-23(20)19-31-13-10-21(11-14-31)17-32(18-22-6-4-12-30-16-22)27(33)25-9-8-24(28)15-26(25)29/h2-9,12,15-16,21H,10-11,13-14,17-19H2,1H3. The van der Waals surface area contributed by atoms with Crippen molar-refractivity contribution in [3.05, 3.63) is 101 Å². The first-order chi connectivity index (χ1) is 16.0. The van der Waals surface area contributed by atoms with Crippen molar-refractivity contribution >= 4 is 5.91 Å². The third-order valence-corrected chi connectivity index (χ3v) is 6.39. The molecule has 1 aliphatic rings. The average Bonchev–Trinajstić information content (AvgIpc) is 2.82. The van der Waals surface area contributed by atoms with Gasteiger partial charge < -0.3 is 4.90 Å². The molecule has 1 fully saturated rings. The van der Waals surface area contributed by atoms with E-state index in [1.54, 1.807) is 17.3 Å². The Balaban J connectivity index is 1.43.